The van der Waals surface area contributed by atoms with E-state index in [0.717, 1.165) is 16.7 Å². The Bertz CT molecular complexity index is 935. The first-order valence-electron chi connectivity index (χ1n) is 9.44. The van der Waals surface area contributed by atoms with E-state index in [0.29, 0.717) is 41.4 Å². The number of amides is 2. The van der Waals surface area contributed by atoms with Crippen molar-refractivity contribution in [2.24, 2.45) is 0 Å². The van der Waals surface area contributed by atoms with Gasteiger partial charge in [0.05, 0.1) is 18.3 Å². The van der Waals surface area contributed by atoms with Crippen LogP contribution in [-0.4, -0.2) is 51.8 Å². The van der Waals surface area contributed by atoms with Gasteiger partial charge in [-0.1, -0.05) is 6.07 Å². The van der Waals surface area contributed by atoms with E-state index in [1.165, 1.54) is 11.8 Å². The lowest BCUT2D eigenvalue weighted by atomic mass is 9.97. The van der Waals surface area contributed by atoms with E-state index in [1.54, 1.807) is 6.07 Å². The lowest BCUT2D eigenvalue weighted by Gasteiger charge is -2.19. The highest BCUT2D eigenvalue weighted by atomic mass is 32.2. The Balaban J connectivity index is 2.05. The maximum Gasteiger partial charge on any atom is 0.251 e. The molecule has 0 aliphatic carbocycles. The Hall–Kier alpha value is -2.65. The number of hydrogen-bond donors (Lipinski definition) is 4. The van der Waals surface area contributed by atoms with Gasteiger partial charge in [-0.05, 0) is 43.5 Å². The van der Waals surface area contributed by atoms with E-state index >= 15 is 0 Å². The minimum atomic E-state index is -0.449. The van der Waals surface area contributed by atoms with Crippen LogP contribution in [0.4, 0.5) is 5.95 Å². The normalized spacial score (nSPS) is 18.1. The van der Waals surface area contributed by atoms with Crippen LogP contribution in [0.1, 0.15) is 34.3 Å². The van der Waals surface area contributed by atoms with Crippen molar-refractivity contribution in [1.82, 2.24) is 20.6 Å². The summed E-state index contributed by atoms with van der Waals surface area (Å²) < 4.78 is 0. The van der Waals surface area contributed by atoms with Gasteiger partial charge in [-0.25, -0.2) is 9.97 Å². The molecule has 2 aromatic rings. The van der Waals surface area contributed by atoms with Crippen molar-refractivity contribution >= 4 is 29.5 Å². The second-order valence-electron chi connectivity index (χ2n) is 7.02. The van der Waals surface area contributed by atoms with Crippen LogP contribution in [0.5, 0.6) is 0 Å². The summed E-state index contributed by atoms with van der Waals surface area (Å²) in [5.74, 6) is 0.325. The van der Waals surface area contributed by atoms with Crippen LogP contribution in [-0.2, 0) is 4.79 Å². The minimum absolute atomic E-state index is 0.0910. The lowest BCUT2D eigenvalue weighted by molar-refractivity contribution is -0.120. The molecule has 0 saturated heterocycles. The summed E-state index contributed by atoms with van der Waals surface area (Å²) >= 11 is 1.43. The fraction of sp³-hybridized carbons (Fsp3) is 0.400. The summed E-state index contributed by atoms with van der Waals surface area (Å²) in [7, 11) is 0. The molecule has 2 heterocycles. The molecule has 1 atom stereocenters. The van der Waals surface area contributed by atoms with Gasteiger partial charge in [-0.2, -0.15) is 0 Å². The van der Waals surface area contributed by atoms with Gasteiger partial charge in [-0.15, -0.1) is 11.8 Å². The number of carbonyl (C=O) groups excluding carboxylic acids is 2. The molecule has 1 aliphatic rings. The average Bonchev–Trinajstić information content (AvgIpc) is 2.66. The topological polar surface area (TPSA) is 130 Å². The molecule has 5 N–H and O–H groups in total. The number of nitrogens with two attached hydrogens (primary N) is 1. The fourth-order valence-corrected chi connectivity index (χ4v) is 4.07. The fourth-order valence-electron chi connectivity index (χ4n) is 3.22. The highest BCUT2D eigenvalue weighted by Gasteiger charge is 2.18. The third kappa shape index (κ3) is 5.24. The number of fused-ring (bicyclic) bond motifs is 5. The second-order valence-corrected chi connectivity index (χ2v) is 8.14. The molecular formula is C20H25N5O3S. The molecule has 3 rings (SSSR count). The predicted octanol–water partition coefficient (Wildman–Crippen LogP) is 1.44. The summed E-state index contributed by atoms with van der Waals surface area (Å²) in [4.78, 5) is 33.5. The van der Waals surface area contributed by atoms with Gasteiger partial charge >= 0.3 is 0 Å². The third-order valence-corrected chi connectivity index (χ3v) is 5.67. The largest absolute Gasteiger partial charge is 0.394 e. The smallest absolute Gasteiger partial charge is 0.251 e. The van der Waals surface area contributed by atoms with Crippen molar-refractivity contribution in [3.05, 3.63) is 34.9 Å². The van der Waals surface area contributed by atoms with Crippen LogP contribution >= 0.6 is 11.8 Å². The number of hydrogen-bond acceptors (Lipinski definition) is 7. The SMILES string of the molecule is Cc1cc(C)c2cc1C(=O)NC(CO)CCNC(=O)CCSc1cc-2nc(N)n1. The molecule has 1 unspecified atom stereocenters. The van der Waals surface area contributed by atoms with Crippen LogP contribution in [0.2, 0.25) is 0 Å². The van der Waals surface area contributed by atoms with Crippen molar-refractivity contribution in [3.8, 4) is 11.3 Å². The molecule has 4 bridgehead atoms. The molecule has 154 valence electrons. The van der Waals surface area contributed by atoms with E-state index in [4.69, 9.17) is 5.73 Å². The number of thioether (sulfide) groups is 1. The standard InChI is InChI=1S/C20H25N5O3S/c1-11-7-12(2)15-8-14(11)16-9-18(25-20(21)24-16)29-6-4-17(27)22-5-3-13(10-26)23-19(15)28/h7-9,13,26H,3-6,10H2,1-2H3,(H,22,27)(H,23,28)(H2,21,24,25). The zero-order valence-electron chi connectivity index (χ0n) is 16.5. The zero-order valence-corrected chi connectivity index (χ0v) is 17.3. The van der Waals surface area contributed by atoms with Crippen molar-refractivity contribution in [3.63, 3.8) is 0 Å². The van der Waals surface area contributed by atoms with Crippen LogP contribution in [0, 0.1) is 13.8 Å². The number of aliphatic hydroxyl groups is 1. The first-order chi connectivity index (χ1) is 13.9. The number of benzene rings is 1. The molecule has 0 saturated carbocycles. The number of nitrogen functional groups attached to an aromatic ring is 1. The predicted molar refractivity (Wildman–Crippen MR) is 113 cm³/mol. The van der Waals surface area contributed by atoms with Gasteiger partial charge in [0.15, 0.2) is 0 Å². The van der Waals surface area contributed by atoms with Gasteiger partial charge in [0.1, 0.15) is 5.03 Å². The first-order valence-corrected chi connectivity index (χ1v) is 10.4. The van der Waals surface area contributed by atoms with E-state index in [2.05, 4.69) is 20.6 Å². The summed E-state index contributed by atoms with van der Waals surface area (Å²) in [6.07, 6.45) is 0.769. The average molecular weight is 416 g/mol. The Kier molecular flexibility index (Phi) is 6.71. The first kappa shape index (κ1) is 21.1. The quantitative estimate of drug-likeness (QED) is 0.518. The number of rotatable bonds is 1. The highest BCUT2D eigenvalue weighted by Crippen LogP contribution is 2.29. The molecule has 2 amide bonds. The third-order valence-electron chi connectivity index (χ3n) is 4.76. The summed E-state index contributed by atoms with van der Waals surface area (Å²) in [5, 5.41) is 16.0. The molecule has 1 aromatic heterocycles. The molecule has 29 heavy (non-hydrogen) atoms. The van der Waals surface area contributed by atoms with Crippen molar-refractivity contribution in [2.45, 2.75) is 37.8 Å². The van der Waals surface area contributed by atoms with E-state index in [-0.39, 0.29) is 24.4 Å². The van der Waals surface area contributed by atoms with Crippen LogP contribution < -0.4 is 16.4 Å². The number of nitrogens with zero attached hydrogens (tertiary/aromatic N) is 2. The lowest BCUT2D eigenvalue weighted by Crippen LogP contribution is -2.40. The van der Waals surface area contributed by atoms with Gasteiger partial charge in [0, 0.05) is 29.8 Å². The second kappa shape index (κ2) is 9.23. The molecule has 0 fully saturated rings. The van der Waals surface area contributed by atoms with Crippen molar-refractivity contribution in [2.75, 3.05) is 24.6 Å². The van der Waals surface area contributed by atoms with Gasteiger partial charge in [0.2, 0.25) is 11.9 Å². The molecule has 0 radical (unpaired) electrons. The summed E-state index contributed by atoms with van der Waals surface area (Å²) in [5.41, 5.74) is 9.62. The van der Waals surface area contributed by atoms with Crippen LogP contribution in [0.3, 0.4) is 0 Å². The van der Waals surface area contributed by atoms with Gasteiger partial charge in [0.25, 0.3) is 5.91 Å². The molecule has 8 nitrogen and oxygen atoms in total. The summed E-state index contributed by atoms with van der Waals surface area (Å²) in [6, 6.07) is 5.11. The number of aromatic nitrogens is 2. The van der Waals surface area contributed by atoms with Crippen molar-refractivity contribution in [1.29, 1.82) is 0 Å². The number of aliphatic hydroxyl groups excluding tert-OH is 1. The number of anilines is 1. The molecule has 1 aliphatic heterocycles. The Labute approximate surface area is 173 Å². The number of aryl methyl sites for hydroxylation is 2. The Morgan fingerprint density at radius 2 is 1.93 bits per heavy atom. The Morgan fingerprint density at radius 1 is 1.17 bits per heavy atom. The highest BCUT2D eigenvalue weighted by molar-refractivity contribution is 7.99. The number of carbonyl (C=O) groups is 2. The van der Waals surface area contributed by atoms with Gasteiger partial charge in [-0.3, -0.25) is 9.59 Å². The molecule has 9 heteroatoms. The monoisotopic (exact) mass is 415 g/mol. The van der Waals surface area contributed by atoms with E-state index in [1.807, 2.05) is 26.0 Å². The molecule has 1 aromatic carbocycles. The Morgan fingerprint density at radius 3 is 2.69 bits per heavy atom. The van der Waals surface area contributed by atoms with Crippen molar-refractivity contribution < 1.29 is 14.7 Å². The maximum absolute atomic E-state index is 12.9. The van der Waals surface area contributed by atoms with Crippen LogP contribution in [0.25, 0.3) is 11.3 Å². The maximum atomic E-state index is 12.9. The molecular weight excluding hydrogens is 390 g/mol. The zero-order chi connectivity index (χ0) is 21.0. The van der Waals surface area contributed by atoms with Crippen LogP contribution in [0.15, 0.2) is 23.2 Å². The summed E-state index contributed by atoms with van der Waals surface area (Å²) in [6.45, 7) is 3.99. The minimum Gasteiger partial charge on any atom is -0.394 e. The molecule has 0 spiro atoms. The van der Waals surface area contributed by atoms with E-state index < -0.39 is 6.04 Å². The van der Waals surface area contributed by atoms with Gasteiger partial charge < -0.3 is 21.5 Å². The van der Waals surface area contributed by atoms with E-state index in [9.17, 15) is 14.7 Å². The number of nitrogens with one attached hydrogen (secondary N) is 2.